The molecular weight excluding hydrogens is 232 g/mol. The summed E-state index contributed by atoms with van der Waals surface area (Å²) in [6.07, 6.45) is 5.33. The quantitative estimate of drug-likeness (QED) is 0.556. The van der Waals surface area contributed by atoms with Gasteiger partial charge in [-0.15, -0.1) is 0 Å². The van der Waals surface area contributed by atoms with Crippen LogP contribution in [0.2, 0.25) is 0 Å². The van der Waals surface area contributed by atoms with Crippen LogP contribution in [0.15, 0.2) is 0 Å². The van der Waals surface area contributed by atoms with E-state index >= 15 is 0 Å². The molecule has 0 rings (SSSR count). The van der Waals surface area contributed by atoms with Crippen molar-refractivity contribution in [3.63, 3.8) is 0 Å². The minimum atomic E-state index is -0.127. The molecule has 0 aliphatic rings. The van der Waals surface area contributed by atoms with E-state index in [4.69, 9.17) is 4.74 Å². The fourth-order valence-electron chi connectivity index (χ4n) is 1.41. The fraction of sp³-hybridized carbons (Fsp3) is 0.846. The second-order valence-corrected chi connectivity index (χ2v) is 4.35. The van der Waals surface area contributed by atoms with E-state index in [1.807, 2.05) is 0 Å². The van der Waals surface area contributed by atoms with Crippen LogP contribution in [-0.2, 0) is 9.53 Å². The Bertz CT molecular complexity index is 232. The molecule has 2 amide bonds. The van der Waals surface area contributed by atoms with Crippen LogP contribution in [0.1, 0.15) is 46.0 Å². The van der Waals surface area contributed by atoms with Gasteiger partial charge in [-0.05, 0) is 19.8 Å². The summed E-state index contributed by atoms with van der Waals surface area (Å²) in [6.45, 7) is 5.60. The van der Waals surface area contributed by atoms with Crippen LogP contribution in [-0.4, -0.2) is 38.1 Å². The number of nitrogens with one attached hydrogen (secondary N) is 2. The third-order valence-electron chi connectivity index (χ3n) is 2.37. The molecule has 5 nitrogen and oxygen atoms in total. The van der Waals surface area contributed by atoms with Gasteiger partial charge in [0.25, 0.3) is 0 Å². The summed E-state index contributed by atoms with van der Waals surface area (Å²) >= 11 is 0. The summed E-state index contributed by atoms with van der Waals surface area (Å²) in [5.74, 6) is 0.0211. The normalized spacial score (nSPS) is 10.1. The Labute approximate surface area is 110 Å². The Balaban J connectivity index is 3.19. The molecule has 2 N–H and O–H groups in total. The number of ether oxygens (including phenoxy) is 1. The van der Waals surface area contributed by atoms with Crippen molar-refractivity contribution < 1.29 is 14.3 Å². The summed E-state index contributed by atoms with van der Waals surface area (Å²) in [5.41, 5.74) is 0. The van der Waals surface area contributed by atoms with Crippen molar-refractivity contribution in [2.45, 2.75) is 46.0 Å². The van der Waals surface area contributed by atoms with Gasteiger partial charge in [0.2, 0.25) is 0 Å². The fourth-order valence-corrected chi connectivity index (χ4v) is 1.41. The van der Waals surface area contributed by atoms with E-state index in [1.165, 1.54) is 19.8 Å². The number of ketones is 1. The lowest BCUT2D eigenvalue weighted by atomic mass is 10.2. The third kappa shape index (κ3) is 13.0. The number of amides is 2. The molecule has 0 saturated heterocycles. The second-order valence-electron chi connectivity index (χ2n) is 4.35. The van der Waals surface area contributed by atoms with Gasteiger partial charge < -0.3 is 15.4 Å². The van der Waals surface area contributed by atoms with Gasteiger partial charge >= 0.3 is 6.03 Å². The first-order valence-corrected chi connectivity index (χ1v) is 6.75. The molecule has 0 aromatic heterocycles. The first kappa shape index (κ1) is 16.9. The van der Waals surface area contributed by atoms with Gasteiger partial charge in [-0.3, -0.25) is 4.79 Å². The van der Waals surface area contributed by atoms with E-state index in [2.05, 4.69) is 17.6 Å². The van der Waals surface area contributed by atoms with Crippen LogP contribution < -0.4 is 10.6 Å². The molecule has 0 bridgehead atoms. The van der Waals surface area contributed by atoms with Crippen molar-refractivity contribution in [3.8, 4) is 0 Å². The number of carbonyl (C=O) groups is 2. The second kappa shape index (κ2) is 12.4. The molecule has 0 aromatic carbocycles. The molecule has 0 aliphatic carbocycles. The standard InChI is InChI=1S/C13H26N2O3/c1-3-4-5-6-8-14-13(17)15-9-7-10-18-11-12(2)16/h3-11H2,1-2H3,(H2,14,15,17). The maximum atomic E-state index is 11.3. The monoisotopic (exact) mass is 258 g/mol. The molecule has 0 fully saturated rings. The number of hydrogen-bond acceptors (Lipinski definition) is 3. The van der Waals surface area contributed by atoms with Crippen molar-refractivity contribution in [1.82, 2.24) is 10.6 Å². The number of rotatable bonds is 11. The molecule has 0 radical (unpaired) electrons. The van der Waals surface area contributed by atoms with Gasteiger partial charge in [-0.2, -0.15) is 0 Å². The van der Waals surface area contributed by atoms with Crippen molar-refractivity contribution >= 4 is 11.8 Å². The Morgan fingerprint density at radius 3 is 2.28 bits per heavy atom. The van der Waals surface area contributed by atoms with Crippen LogP contribution in [0.4, 0.5) is 4.79 Å². The first-order chi connectivity index (χ1) is 8.66. The predicted octanol–water partition coefficient (Wildman–Crippen LogP) is 1.86. The van der Waals surface area contributed by atoms with Crippen molar-refractivity contribution in [2.75, 3.05) is 26.3 Å². The molecule has 0 heterocycles. The van der Waals surface area contributed by atoms with Gasteiger partial charge in [0.05, 0.1) is 0 Å². The minimum absolute atomic E-state index is 0.0211. The van der Waals surface area contributed by atoms with Crippen molar-refractivity contribution in [2.24, 2.45) is 0 Å². The minimum Gasteiger partial charge on any atom is -0.374 e. The third-order valence-corrected chi connectivity index (χ3v) is 2.37. The summed E-state index contributed by atoms with van der Waals surface area (Å²) in [7, 11) is 0. The highest BCUT2D eigenvalue weighted by Gasteiger charge is 1.98. The van der Waals surface area contributed by atoms with Crippen molar-refractivity contribution in [3.05, 3.63) is 0 Å². The summed E-state index contributed by atoms with van der Waals surface area (Å²) in [5, 5.41) is 5.55. The predicted molar refractivity (Wildman–Crippen MR) is 71.7 cm³/mol. The van der Waals surface area contributed by atoms with Crippen LogP contribution in [0, 0.1) is 0 Å². The van der Waals surface area contributed by atoms with E-state index in [9.17, 15) is 9.59 Å². The topological polar surface area (TPSA) is 67.4 Å². The lowest BCUT2D eigenvalue weighted by Crippen LogP contribution is -2.36. The Kier molecular flexibility index (Phi) is 11.6. The zero-order valence-electron chi connectivity index (χ0n) is 11.6. The maximum absolute atomic E-state index is 11.3. The van der Waals surface area contributed by atoms with E-state index in [-0.39, 0.29) is 18.4 Å². The SMILES string of the molecule is CCCCCCNC(=O)NCCCOCC(C)=O. The van der Waals surface area contributed by atoms with Crippen LogP contribution >= 0.6 is 0 Å². The lowest BCUT2D eigenvalue weighted by molar-refractivity contribution is -0.121. The van der Waals surface area contributed by atoms with Gasteiger partial charge in [0.1, 0.15) is 6.61 Å². The molecule has 18 heavy (non-hydrogen) atoms. The Morgan fingerprint density at radius 2 is 1.67 bits per heavy atom. The molecule has 0 aliphatic heterocycles. The van der Waals surface area contributed by atoms with Gasteiger partial charge in [0, 0.05) is 19.7 Å². The van der Waals surface area contributed by atoms with Gasteiger partial charge in [0.15, 0.2) is 5.78 Å². The summed E-state index contributed by atoms with van der Waals surface area (Å²) in [6, 6.07) is -0.127. The molecule has 0 atom stereocenters. The van der Waals surface area contributed by atoms with Gasteiger partial charge in [-0.1, -0.05) is 26.2 Å². The number of hydrogen-bond donors (Lipinski definition) is 2. The van der Waals surface area contributed by atoms with Crippen LogP contribution in [0.5, 0.6) is 0 Å². The largest absolute Gasteiger partial charge is 0.374 e. The first-order valence-electron chi connectivity index (χ1n) is 6.75. The number of carbonyl (C=O) groups excluding carboxylic acids is 2. The highest BCUT2D eigenvalue weighted by Crippen LogP contribution is 1.96. The highest BCUT2D eigenvalue weighted by atomic mass is 16.5. The zero-order valence-corrected chi connectivity index (χ0v) is 11.6. The Hall–Kier alpha value is -1.10. The summed E-state index contributed by atoms with van der Waals surface area (Å²) in [4.78, 5) is 21.9. The number of urea groups is 1. The smallest absolute Gasteiger partial charge is 0.314 e. The molecule has 0 spiro atoms. The Morgan fingerprint density at radius 1 is 1.00 bits per heavy atom. The molecule has 0 aromatic rings. The zero-order chi connectivity index (χ0) is 13.6. The highest BCUT2D eigenvalue weighted by molar-refractivity contribution is 5.76. The molecule has 0 saturated carbocycles. The van der Waals surface area contributed by atoms with E-state index < -0.39 is 0 Å². The molecule has 5 heteroatoms. The van der Waals surface area contributed by atoms with Gasteiger partial charge in [-0.25, -0.2) is 4.79 Å². The van der Waals surface area contributed by atoms with Crippen LogP contribution in [0.25, 0.3) is 0 Å². The van der Waals surface area contributed by atoms with E-state index in [0.717, 1.165) is 25.8 Å². The van der Waals surface area contributed by atoms with E-state index in [1.54, 1.807) is 0 Å². The maximum Gasteiger partial charge on any atom is 0.314 e. The molecule has 0 unspecified atom stereocenters. The number of unbranched alkanes of at least 4 members (excludes halogenated alkanes) is 3. The number of Topliss-reactive ketones (excluding diaryl/α,β-unsaturated/α-hetero) is 1. The van der Waals surface area contributed by atoms with E-state index in [0.29, 0.717) is 13.2 Å². The summed E-state index contributed by atoms with van der Waals surface area (Å²) < 4.78 is 5.08. The average Bonchev–Trinajstić information content (AvgIpc) is 2.33. The molecular formula is C13H26N2O3. The van der Waals surface area contributed by atoms with Crippen LogP contribution in [0.3, 0.4) is 0 Å². The lowest BCUT2D eigenvalue weighted by Gasteiger charge is -2.07. The van der Waals surface area contributed by atoms with Crippen molar-refractivity contribution in [1.29, 1.82) is 0 Å². The average molecular weight is 258 g/mol. The molecule has 106 valence electrons.